The van der Waals surface area contributed by atoms with E-state index in [1.807, 2.05) is 0 Å². The first-order chi connectivity index (χ1) is 29.2. The Morgan fingerprint density at radius 1 is 0.419 bits per heavy atom. The molecule has 0 aliphatic carbocycles. The van der Waals surface area contributed by atoms with Crippen LogP contribution < -0.4 is 0 Å². The molecule has 16 heteroatoms. The van der Waals surface area contributed by atoms with Gasteiger partial charge in [-0.15, -0.1) is 0 Å². The maximum absolute atomic E-state index is 14.1. The van der Waals surface area contributed by atoms with Crippen molar-refractivity contribution in [2.75, 3.05) is 0 Å². The van der Waals surface area contributed by atoms with Crippen molar-refractivity contribution in [3.63, 3.8) is 0 Å². The molecule has 3 heterocycles. The monoisotopic (exact) mass is 858 g/mol. The lowest BCUT2D eigenvalue weighted by Crippen LogP contribution is -2.07. The van der Waals surface area contributed by atoms with Gasteiger partial charge >= 0.3 is 24.7 Å². The van der Waals surface area contributed by atoms with E-state index in [2.05, 4.69) is 11.1 Å². The van der Waals surface area contributed by atoms with Crippen molar-refractivity contribution in [1.82, 2.24) is 14.1 Å². The van der Waals surface area contributed by atoms with Gasteiger partial charge in [-0.25, -0.2) is 0 Å². The fourth-order valence-corrected chi connectivity index (χ4v) is 7.97. The van der Waals surface area contributed by atoms with Gasteiger partial charge in [0.25, 0.3) is 0 Å². The Morgan fingerprint density at radius 3 is 1.13 bits per heavy atom. The number of aromatic nitrogens is 3. The normalized spacial score (nSPS) is 12.8. The van der Waals surface area contributed by atoms with Crippen molar-refractivity contribution in [3.8, 4) is 39.8 Å². The topological polar surface area (TPSA) is 46.5 Å². The summed E-state index contributed by atoms with van der Waals surface area (Å²) in [6.45, 7) is 0. The van der Waals surface area contributed by atoms with Crippen molar-refractivity contribution in [2.24, 2.45) is 0 Å². The van der Waals surface area contributed by atoms with Gasteiger partial charge in [-0.1, -0.05) is 36.4 Å². The van der Waals surface area contributed by atoms with E-state index in [1.54, 1.807) is 42.5 Å². The number of nitrogens with zero attached hydrogens (tertiary/aromatic N) is 4. The number of alkyl halides is 12. The van der Waals surface area contributed by atoms with Crippen LogP contribution in [0.5, 0.6) is 0 Å². The molecule has 0 N–H and O–H groups in total. The van der Waals surface area contributed by atoms with Crippen LogP contribution in [0.1, 0.15) is 27.8 Å². The fourth-order valence-electron chi connectivity index (χ4n) is 7.97. The van der Waals surface area contributed by atoms with Crippen LogP contribution in [0, 0.1) is 11.3 Å². The van der Waals surface area contributed by atoms with E-state index < -0.39 is 47.0 Å². The zero-order chi connectivity index (χ0) is 44.1. The Hall–Kier alpha value is -7.28. The molecule has 0 radical (unpaired) electrons. The van der Waals surface area contributed by atoms with Gasteiger partial charge in [0.2, 0.25) is 0 Å². The lowest BCUT2D eigenvalue weighted by molar-refractivity contribution is -0.138. The summed E-state index contributed by atoms with van der Waals surface area (Å²) in [5, 5.41) is 10.1. The third kappa shape index (κ3) is 6.64. The van der Waals surface area contributed by atoms with Crippen LogP contribution >= 0.6 is 0 Å². The maximum Gasteiger partial charge on any atom is 0.416 e. The Labute approximate surface area is 341 Å². The smallest absolute Gasteiger partial charge is 0.308 e. The Balaban J connectivity index is 1.46. The third-order valence-electron chi connectivity index (χ3n) is 10.7. The van der Waals surface area contributed by atoms with Crippen LogP contribution in [0.3, 0.4) is 0 Å². The van der Waals surface area contributed by atoms with Crippen LogP contribution in [0.15, 0.2) is 134 Å². The van der Waals surface area contributed by atoms with Crippen molar-refractivity contribution in [2.45, 2.75) is 24.7 Å². The number of hydrogen-bond acceptors (Lipinski definition) is 2. The second-order valence-electron chi connectivity index (χ2n) is 14.4. The van der Waals surface area contributed by atoms with Crippen LogP contribution in [0.4, 0.5) is 52.7 Å². The highest BCUT2D eigenvalue weighted by atomic mass is 19.4. The lowest BCUT2D eigenvalue weighted by Gasteiger charge is -2.19. The minimum Gasteiger partial charge on any atom is -0.308 e. The van der Waals surface area contributed by atoms with E-state index in [9.17, 15) is 57.9 Å². The minimum absolute atomic E-state index is 0.0479. The molecule has 9 aromatic rings. The Bertz CT molecular complexity index is 2990. The number of fused-ring (bicyclic) bond motifs is 6. The van der Waals surface area contributed by atoms with Gasteiger partial charge in [0.1, 0.15) is 11.6 Å². The van der Waals surface area contributed by atoms with E-state index >= 15 is 0 Å². The summed E-state index contributed by atoms with van der Waals surface area (Å²) >= 11 is 0. The van der Waals surface area contributed by atoms with Gasteiger partial charge in [0.15, 0.2) is 0 Å². The zero-order valence-corrected chi connectivity index (χ0v) is 31.0. The van der Waals surface area contributed by atoms with Crippen LogP contribution in [-0.4, -0.2) is 14.1 Å². The molecule has 0 amide bonds. The maximum atomic E-state index is 14.1. The van der Waals surface area contributed by atoms with E-state index in [1.165, 1.54) is 27.5 Å². The summed E-state index contributed by atoms with van der Waals surface area (Å²) in [4.78, 5) is 4.58. The van der Waals surface area contributed by atoms with Gasteiger partial charge in [-0.2, -0.15) is 57.9 Å². The number of hydrogen-bond donors (Lipinski definition) is 0. The minimum atomic E-state index is -4.90. The highest BCUT2D eigenvalue weighted by Gasteiger charge is 2.36. The molecule has 310 valence electrons. The summed E-state index contributed by atoms with van der Waals surface area (Å²) in [5.41, 5.74) is -3.62. The molecule has 9 rings (SSSR count). The average Bonchev–Trinajstić information content (AvgIpc) is 3.73. The first kappa shape index (κ1) is 40.1. The van der Waals surface area contributed by atoms with E-state index in [0.29, 0.717) is 41.1 Å². The van der Waals surface area contributed by atoms with Gasteiger partial charge in [0, 0.05) is 38.9 Å². The summed E-state index contributed by atoms with van der Waals surface area (Å²) < 4.78 is 172. The third-order valence-corrected chi connectivity index (χ3v) is 10.7. The molecular weight excluding hydrogens is 837 g/mol. The molecule has 0 spiro atoms. The highest BCUT2D eigenvalue weighted by molar-refractivity contribution is 6.12. The molecule has 4 nitrogen and oxygen atoms in total. The van der Waals surface area contributed by atoms with E-state index in [0.717, 1.165) is 48.5 Å². The molecule has 0 aliphatic rings. The lowest BCUT2D eigenvalue weighted by atomic mass is 9.96. The average molecular weight is 859 g/mol. The zero-order valence-electron chi connectivity index (χ0n) is 31.0. The van der Waals surface area contributed by atoms with Crippen molar-refractivity contribution in [3.05, 3.63) is 161 Å². The molecule has 6 aromatic carbocycles. The van der Waals surface area contributed by atoms with Crippen LogP contribution in [0.2, 0.25) is 0 Å². The molecule has 0 bridgehead atoms. The predicted octanol–water partition coefficient (Wildman–Crippen LogP) is 14.6. The molecule has 3 aromatic heterocycles. The van der Waals surface area contributed by atoms with Crippen molar-refractivity contribution >= 4 is 43.6 Å². The Morgan fingerprint density at radius 2 is 0.790 bits per heavy atom. The molecule has 0 saturated heterocycles. The predicted molar refractivity (Wildman–Crippen MR) is 209 cm³/mol. The largest absolute Gasteiger partial charge is 0.416 e. The highest BCUT2D eigenvalue weighted by Crippen LogP contribution is 2.45. The molecular formula is C46H22F12N4. The standard InChI is InChI=1S/C46H22F12N4/c47-43(48,49)26-8-12-36-31(19-26)32-20-27(44(50,51)52)9-13-37(32)61(36)40-17-25(30-7-4-16-60-42(30)24-5-2-1-3-6-24)18-41(35(40)23-59)62-38-14-10-28(45(53,54)55)21-33(38)34-22-29(46(56,57)58)11-15-39(34)62/h1-22H. The number of halogens is 12. The van der Waals surface area contributed by atoms with E-state index in [4.69, 9.17) is 0 Å². The first-order valence-electron chi connectivity index (χ1n) is 18.3. The molecule has 0 unspecified atom stereocenters. The van der Waals surface area contributed by atoms with Crippen molar-refractivity contribution < 1.29 is 52.7 Å². The molecule has 0 saturated carbocycles. The first-order valence-corrected chi connectivity index (χ1v) is 18.3. The van der Waals surface area contributed by atoms with Gasteiger partial charge < -0.3 is 9.13 Å². The van der Waals surface area contributed by atoms with Crippen LogP contribution in [0.25, 0.3) is 77.4 Å². The van der Waals surface area contributed by atoms with Crippen molar-refractivity contribution in [1.29, 1.82) is 5.26 Å². The molecule has 0 aliphatic heterocycles. The Kier molecular flexibility index (Phi) is 8.99. The number of benzene rings is 6. The number of nitriles is 1. The van der Waals surface area contributed by atoms with Gasteiger partial charge in [0.05, 0.1) is 61.4 Å². The summed E-state index contributed by atoms with van der Waals surface area (Å²) in [6, 6.07) is 27.0. The second kappa shape index (κ2) is 13.9. The molecule has 0 fully saturated rings. The summed E-state index contributed by atoms with van der Waals surface area (Å²) in [5.74, 6) is 0. The quantitative estimate of drug-likeness (QED) is 0.166. The van der Waals surface area contributed by atoms with Gasteiger partial charge in [-0.05, 0) is 96.6 Å². The fraction of sp³-hybridized carbons (Fsp3) is 0.0870. The second-order valence-corrected chi connectivity index (χ2v) is 14.4. The molecule has 62 heavy (non-hydrogen) atoms. The summed E-state index contributed by atoms with van der Waals surface area (Å²) in [6.07, 6.45) is -18.1. The number of rotatable bonds is 4. The SMILES string of the molecule is N#Cc1c(-n2c3ccc(C(F)(F)F)cc3c3cc(C(F)(F)F)ccc32)cc(-c2cccnc2-c2ccccc2)cc1-n1c2ccc(C(F)(F)F)cc2c2cc(C(F)(F)F)ccc21. The van der Waals surface area contributed by atoms with Crippen LogP contribution in [-0.2, 0) is 24.7 Å². The number of pyridine rings is 1. The summed E-state index contributed by atoms with van der Waals surface area (Å²) in [7, 11) is 0. The van der Waals surface area contributed by atoms with Gasteiger partial charge in [-0.3, -0.25) is 4.98 Å². The molecule has 0 atom stereocenters. The van der Waals surface area contributed by atoms with E-state index in [-0.39, 0.29) is 66.1 Å².